The Balaban J connectivity index is 1.63. The van der Waals surface area contributed by atoms with E-state index in [9.17, 15) is 14.0 Å². The van der Waals surface area contributed by atoms with Gasteiger partial charge in [0, 0.05) is 23.5 Å². The van der Waals surface area contributed by atoms with Crippen molar-refractivity contribution in [2.24, 2.45) is 0 Å². The quantitative estimate of drug-likeness (QED) is 0.466. The first-order chi connectivity index (χ1) is 16.8. The highest BCUT2D eigenvalue weighted by atomic mass is 32.1. The minimum Gasteiger partial charge on any atom is -0.497 e. The van der Waals surface area contributed by atoms with Crippen molar-refractivity contribution in [2.45, 2.75) is 32.4 Å². The highest BCUT2D eigenvalue weighted by Crippen LogP contribution is 2.38. The Kier molecular flexibility index (Phi) is 7.40. The van der Waals surface area contributed by atoms with Crippen LogP contribution in [0.25, 0.3) is 0 Å². The molecular weight excluding hydrogens is 467 g/mol. The summed E-state index contributed by atoms with van der Waals surface area (Å²) >= 11 is 1.67. The topological polar surface area (TPSA) is 59.1 Å². The number of ether oxygens (including phenoxy) is 2. The van der Waals surface area contributed by atoms with E-state index >= 15 is 0 Å². The van der Waals surface area contributed by atoms with Gasteiger partial charge in [-0.15, -0.1) is 11.3 Å². The summed E-state index contributed by atoms with van der Waals surface area (Å²) in [5.74, 6) is 0.188. The lowest BCUT2D eigenvalue weighted by molar-refractivity contribution is -0.134. The number of hydrogen-bond acceptors (Lipinski definition) is 5. The lowest BCUT2D eigenvalue weighted by Gasteiger charge is -2.38. The zero-order chi connectivity index (χ0) is 25.1. The van der Waals surface area contributed by atoms with Crippen LogP contribution in [0.2, 0.25) is 0 Å². The zero-order valence-electron chi connectivity index (χ0n) is 20.3. The average Bonchev–Trinajstić information content (AvgIpc) is 3.35. The van der Waals surface area contributed by atoms with Crippen LogP contribution in [0.15, 0.2) is 53.9 Å². The molecule has 184 valence electrons. The molecule has 4 rings (SSSR count). The van der Waals surface area contributed by atoms with Crippen LogP contribution in [0, 0.1) is 5.82 Å². The van der Waals surface area contributed by atoms with Gasteiger partial charge in [0.1, 0.15) is 23.9 Å². The van der Waals surface area contributed by atoms with E-state index in [0.717, 1.165) is 17.5 Å². The number of nitrogens with zero attached hydrogens (tertiary/aromatic N) is 2. The number of hydrogen-bond donors (Lipinski definition) is 0. The molecular formula is C27H29FN2O4S. The maximum absolute atomic E-state index is 13.7. The summed E-state index contributed by atoms with van der Waals surface area (Å²) in [5.41, 5.74) is 2.27. The normalized spacial score (nSPS) is 15.0. The molecule has 0 N–H and O–H groups in total. The molecule has 0 fully saturated rings. The predicted molar refractivity (Wildman–Crippen MR) is 134 cm³/mol. The van der Waals surface area contributed by atoms with Crippen LogP contribution in [0.3, 0.4) is 0 Å². The number of methoxy groups -OCH3 is 2. The first kappa shape index (κ1) is 24.7. The number of carbonyl (C=O) groups is 2. The zero-order valence-corrected chi connectivity index (χ0v) is 21.1. The molecule has 0 saturated carbocycles. The van der Waals surface area contributed by atoms with Crippen molar-refractivity contribution in [3.8, 4) is 11.5 Å². The number of rotatable bonds is 7. The Bertz CT molecular complexity index is 1210. The van der Waals surface area contributed by atoms with Gasteiger partial charge in [-0.1, -0.05) is 12.1 Å². The van der Waals surface area contributed by atoms with Crippen molar-refractivity contribution in [3.63, 3.8) is 0 Å². The lowest BCUT2D eigenvalue weighted by atomic mass is 9.93. The third-order valence-electron chi connectivity index (χ3n) is 6.30. The molecule has 0 radical (unpaired) electrons. The van der Waals surface area contributed by atoms with Gasteiger partial charge < -0.3 is 19.3 Å². The number of fused-ring (bicyclic) bond motifs is 1. The number of carbonyl (C=O) groups excluding carboxylic acids is 2. The van der Waals surface area contributed by atoms with Crippen LogP contribution in [0.1, 0.15) is 46.3 Å². The molecule has 6 nitrogen and oxygen atoms in total. The number of amides is 2. The molecule has 0 spiro atoms. The van der Waals surface area contributed by atoms with Gasteiger partial charge in [0.05, 0.1) is 25.8 Å². The minimum atomic E-state index is -0.322. The Labute approximate surface area is 208 Å². The molecule has 1 atom stereocenters. The van der Waals surface area contributed by atoms with E-state index in [-0.39, 0.29) is 36.3 Å². The van der Waals surface area contributed by atoms with E-state index in [2.05, 4.69) is 0 Å². The SMILES string of the molecule is COc1ccc(C(=O)N(CC(=O)N2CCc3sccc3C2c2ccc(F)cc2)C(C)C)c(OC)c1. The Morgan fingerprint density at radius 2 is 1.86 bits per heavy atom. The molecule has 3 aromatic rings. The summed E-state index contributed by atoms with van der Waals surface area (Å²) in [6, 6.07) is 12.8. The summed E-state index contributed by atoms with van der Waals surface area (Å²) < 4.78 is 24.3. The van der Waals surface area contributed by atoms with Gasteiger partial charge >= 0.3 is 0 Å². The smallest absolute Gasteiger partial charge is 0.258 e. The van der Waals surface area contributed by atoms with Gasteiger partial charge in [0.15, 0.2) is 0 Å². The van der Waals surface area contributed by atoms with Crippen molar-refractivity contribution in [3.05, 3.63) is 81.3 Å². The van der Waals surface area contributed by atoms with Crippen LogP contribution in [0.4, 0.5) is 4.39 Å². The largest absolute Gasteiger partial charge is 0.497 e. The summed E-state index contributed by atoms with van der Waals surface area (Å²) in [4.78, 5) is 31.8. The number of halogens is 1. The van der Waals surface area contributed by atoms with Gasteiger partial charge in [-0.2, -0.15) is 0 Å². The van der Waals surface area contributed by atoms with E-state index < -0.39 is 0 Å². The van der Waals surface area contributed by atoms with Crippen molar-refractivity contribution in [2.75, 3.05) is 27.3 Å². The van der Waals surface area contributed by atoms with Gasteiger partial charge in [-0.05, 0) is 67.1 Å². The second kappa shape index (κ2) is 10.5. The van der Waals surface area contributed by atoms with Crippen LogP contribution in [-0.2, 0) is 11.2 Å². The summed E-state index contributed by atoms with van der Waals surface area (Å²) in [5, 5.41) is 2.02. The maximum Gasteiger partial charge on any atom is 0.258 e. The molecule has 0 aliphatic carbocycles. The van der Waals surface area contributed by atoms with E-state index in [4.69, 9.17) is 9.47 Å². The molecule has 2 heterocycles. The molecule has 1 aromatic heterocycles. The van der Waals surface area contributed by atoms with Crippen molar-refractivity contribution in [1.29, 1.82) is 0 Å². The number of benzene rings is 2. The molecule has 0 bridgehead atoms. The first-order valence-corrected chi connectivity index (χ1v) is 12.4. The van der Waals surface area contributed by atoms with Crippen LogP contribution >= 0.6 is 11.3 Å². The van der Waals surface area contributed by atoms with E-state index in [1.165, 1.54) is 24.1 Å². The standard InChI is InChI=1S/C27H29FN2O4S/c1-17(2)30(27(32)21-10-9-20(33-3)15-23(21)34-4)16-25(31)29-13-11-24-22(12-14-35-24)26(29)18-5-7-19(28)8-6-18/h5-10,12,14-15,17,26H,11,13,16H2,1-4H3. The highest BCUT2D eigenvalue weighted by molar-refractivity contribution is 7.10. The molecule has 8 heteroatoms. The molecule has 0 saturated heterocycles. The second-order valence-electron chi connectivity index (χ2n) is 8.68. The fourth-order valence-corrected chi connectivity index (χ4v) is 5.35. The summed E-state index contributed by atoms with van der Waals surface area (Å²) in [6.07, 6.45) is 0.748. The van der Waals surface area contributed by atoms with Crippen LogP contribution < -0.4 is 9.47 Å². The van der Waals surface area contributed by atoms with Crippen molar-refractivity contribution >= 4 is 23.2 Å². The van der Waals surface area contributed by atoms with Crippen LogP contribution in [-0.4, -0.2) is 55.0 Å². The minimum absolute atomic E-state index is 0.0805. The van der Waals surface area contributed by atoms with Crippen molar-refractivity contribution in [1.82, 2.24) is 9.80 Å². The third kappa shape index (κ3) is 5.03. The fraction of sp³-hybridized carbons (Fsp3) is 0.333. The Morgan fingerprint density at radius 1 is 1.11 bits per heavy atom. The van der Waals surface area contributed by atoms with Gasteiger partial charge in [0.25, 0.3) is 5.91 Å². The number of thiophene rings is 1. The molecule has 1 unspecified atom stereocenters. The fourth-order valence-electron chi connectivity index (χ4n) is 4.44. The average molecular weight is 497 g/mol. The summed E-state index contributed by atoms with van der Waals surface area (Å²) in [7, 11) is 3.04. The molecule has 2 aromatic carbocycles. The molecule has 2 amide bonds. The highest BCUT2D eigenvalue weighted by Gasteiger charge is 2.35. The molecule has 35 heavy (non-hydrogen) atoms. The maximum atomic E-state index is 13.7. The predicted octanol–water partition coefficient (Wildman–Crippen LogP) is 4.93. The Hall–Kier alpha value is -3.39. The Morgan fingerprint density at radius 3 is 2.51 bits per heavy atom. The van der Waals surface area contributed by atoms with Crippen molar-refractivity contribution < 1.29 is 23.5 Å². The third-order valence-corrected chi connectivity index (χ3v) is 7.30. The monoisotopic (exact) mass is 496 g/mol. The summed E-state index contributed by atoms with van der Waals surface area (Å²) in [6.45, 7) is 4.21. The molecule has 1 aliphatic heterocycles. The van der Waals surface area contributed by atoms with E-state index in [1.54, 1.807) is 58.6 Å². The van der Waals surface area contributed by atoms with Gasteiger partial charge in [-0.3, -0.25) is 9.59 Å². The second-order valence-corrected chi connectivity index (χ2v) is 9.68. The molecule has 1 aliphatic rings. The first-order valence-electron chi connectivity index (χ1n) is 11.5. The van der Waals surface area contributed by atoms with E-state index in [0.29, 0.717) is 23.6 Å². The van der Waals surface area contributed by atoms with Crippen LogP contribution in [0.5, 0.6) is 11.5 Å². The van der Waals surface area contributed by atoms with Gasteiger partial charge in [-0.25, -0.2) is 4.39 Å². The van der Waals surface area contributed by atoms with E-state index in [1.807, 2.05) is 25.3 Å². The van der Waals surface area contributed by atoms with Gasteiger partial charge in [0.2, 0.25) is 5.91 Å². The lowest BCUT2D eigenvalue weighted by Crippen LogP contribution is -2.48.